The van der Waals surface area contributed by atoms with E-state index in [1.54, 1.807) is 27.7 Å². The molecule has 128 heavy (non-hydrogen) atoms. The quantitative estimate of drug-likeness (QED) is 0.0192. The van der Waals surface area contributed by atoms with E-state index in [-0.39, 0.29) is 39.6 Å². The number of ether oxygens (including phenoxy) is 9. The van der Waals surface area contributed by atoms with Crippen molar-refractivity contribution in [3.63, 3.8) is 0 Å². The molecule has 6 aliphatic heterocycles. The highest BCUT2D eigenvalue weighted by Crippen LogP contribution is 2.71. The Bertz CT molecular complexity index is 4360. The van der Waals surface area contributed by atoms with Crippen molar-refractivity contribution in [3.8, 4) is 0 Å². The van der Waals surface area contributed by atoms with Gasteiger partial charge in [0.15, 0.2) is 46.6 Å². The summed E-state index contributed by atoms with van der Waals surface area (Å²) in [4.78, 5) is 74.0. The van der Waals surface area contributed by atoms with Crippen LogP contribution >= 0.6 is 11.8 Å². The van der Waals surface area contributed by atoms with E-state index in [2.05, 4.69) is 9.47 Å². The van der Waals surface area contributed by atoms with Crippen molar-refractivity contribution in [1.29, 1.82) is 0 Å². The van der Waals surface area contributed by atoms with Crippen LogP contribution in [0.4, 0.5) is 70.2 Å². The third-order valence-corrected chi connectivity index (χ3v) is 34.7. The number of thioether (sulfide) groups is 1. The van der Waals surface area contributed by atoms with E-state index in [1.165, 1.54) is 11.8 Å². The molecule has 14 rings (SSSR count). The lowest BCUT2D eigenvalue weighted by molar-refractivity contribution is -0.221. The van der Waals surface area contributed by atoms with Crippen LogP contribution in [0.5, 0.6) is 0 Å². The molecule has 8 saturated carbocycles. The normalized spacial score (nSPS) is 32.6. The second-order valence-corrected chi connectivity index (χ2v) is 43.0. The molecule has 0 spiro atoms. The maximum absolute atomic E-state index is 13.7. The Morgan fingerprint density at radius 1 is 0.422 bits per heavy atom. The van der Waals surface area contributed by atoms with Crippen LogP contribution in [0.3, 0.4) is 0 Å². The van der Waals surface area contributed by atoms with E-state index in [4.69, 9.17) is 33.2 Å². The van der Waals surface area contributed by atoms with E-state index < -0.39 is 286 Å². The summed E-state index contributed by atoms with van der Waals surface area (Å²) >= 11 is 1.41. The van der Waals surface area contributed by atoms with Crippen LogP contribution in [-0.4, -0.2) is 262 Å². The number of esters is 6. The fraction of sp³-hybridized carbons (Fsp3) is 0.921. The van der Waals surface area contributed by atoms with Crippen molar-refractivity contribution in [2.75, 3.05) is 39.6 Å². The summed E-state index contributed by atoms with van der Waals surface area (Å²) in [7, 11) is -26.4. The Morgan fingerprint density at radius 2 is 0.781 bits per heavy atom. The molecule has 6 heterocycles. The molecular formula is C76H104F16O31S5-4. The zero-order valence-electron chi connectivity index (χ0n) is 70.3. The molecule has 14 fully saturated rings. The molecule has 0 aromatic heterocycles. The topological polar surface area (TPSA) is 495 Å². The number of alkyl halides is 16. The van der Waals surface area contributed by atoms with Crippen LogP contribution in [0.2, 0.25) is 0 Å². The summed E-state index contributed by atoms with van der Waals surface area (Å²) in [6, 6.07) is 0. The lowest BCUT2D eigenvalue weighted by Crippen LogP contribution is -2.63. The minimum Gasteiger partial charge on any atom is -0.743 e. The highest BCUT2D eigenvalue weighted by atomic mass is 32.2. The highest BCUT2D eigenvalue weighted by molar-refractivity contribution is 8.01. The summed E-state index contributed by atoms with van der Waals surface area (Å²) in [5.41, 5.74) is -5.96. The van der Waals surface area contributed by atoms with Gasteiger partial charge in [-0.1, -0.05) is 55.4 Å². The van der Waals surface area contributed by atoms with Crippen molar-refractivity contribution in [3.05, 3.63) is 0 Å². The zero-order chi connectivity index (χ0) is 96.9. The molecular weight excluding hydrogens is 1870 g/mol. The number of carbonyl (C=O) groups is 6. The maximum Gasteiger partial charge on any atom is 0.396 e. The average molecular weight is 1980 g/mol. The van der Waals surface area contributed by atoms with E-state index in [9.17, 15) is 171 Å². The molecule has 0 amide bonds. The molecule has 6 saturated heterocycles. The third kappa shape index (κ3) is 19.2. The van der Waals surface area contributed by atoms with Gasteiger partial charge in [-0.25, -0.2) is 43.3 Å². The maximum atomic E-state index is 13.7. The van der Waals surface area contributed by atoms with E-state index in [0.29, 0.717) is 89.4 Å². The molecule has 16 atom stereocenters. The van der Waals surface area contributed by atoms with Gasteiger partial charge in [-0.2, -0.15) is 70.2 Å². The average Bonchev–Trinajstić information content (AvgIpc) is 1.25. The minimum atomic E-state index is -6.64. The summed E-state index contributed by atoms with van der Waals surface area (Å²) in [6.45, 7) is 8.20. The number of halogens is 16. The molecule has 31 nitrogen and oxygen atoms in total. The summed E-state index contributed by atoms with van der Waals surface area (Å²) in [6.07, 6.45) is -1.02. The Hall–Kier alpha value is -4.59. The first kappa shape index (κ1) is 107. The molecule has 740 valence electrons. The largest absolute Gasteiger partial charge is 0.743 e. The van der Waals surface area contributed by atoms with Gasteiger partial charge in [0.25, 0.3) is 0 Å². The van der Waals surface area contributed by atoms with Crippen LogP contribution in [0.1, 0.15) is 203 Å². The summed E-state index contributed by atoms with van der Waals surface area (Å²) in [5.74, 6) is -28.2. The predicted molar refractivity (Wildman–Crippen MR) is 399 cm³/mol. The van der Waals surface area contributed by atoms with Gasteiger partial charge < -0.3 is 81.3 Å². The second kappa shape index (κ2) is 37.1. The molecule has 16 unspecified atom stereocenters. The zero-order valence-corrected chi connectivity index (χ0v) is 74.4. The van der Waals surface area contributed by atoms with Gasteiger partial charge in [0.2, 0.25) is 0 Å². The van der Waals surface area contributed by atoms with Crippen LogP contribution < -0.4 is 0 Å². The Morgan fingerprint density at radius 3 is 1.18 bits per heavy atom. The van der Waals surface area contributed by atoms with E-state index in [1.807, 2.05) is 27.7 Å². The molecule has 12 bridgehead atoms. The Kier molecular flexibility index (Phi) is 31.1. The predicted octanol–water partition coefficient (Wildman–Crippen LogP) is 9.37. The summed E-state index contributed by atoms with van der Waals surface area (Å²) < 4.78 is 385. The number of hydrogen-bond acceptors (Lipinski definition) is 32. The SMILES string of the molecule is CCC(O)(CC)C12CC3CC(C1)C(C(=O)OCCC(F)(F)C(F)(F)S(=O)(=O)[O-])C(C3)C2.CCC(O)(CC)C12CC3CC(CC(C(=O)OCCC(F)(F)C(F)(F)S(=O)(=O)[O-])(C3)C1)C2.CCC(O)(CC)C1C2OC3C(OC(=O)C31)C2OCC(=O)OCCC(F)(F)C(F)(F)S(=O)(=O)[O-].CCC(O)(CC)C1C2SC3C(OC(=O)C31)C2OCC(=O)OCCC(F)(F)C(F)(F)S(=O)(=O)[O-]. The van der Waals surface area contributed by atoms with Crippen LogP contribution in [0.15, 0.2) is 0 Å². The van der Waals surface area contributed by atoms with Crippen LogP contribution in [-0.2, 0) is 112 Å². The van der Waals surface area contributed by atoms with E-state index in [0.717, 1.165) is 38.5 Å². The molecule has 0 radical (unpaired) electrons. The minimum absolute atomic E-state index is 0.0765. The fourth-order valence-corrected chi connectivity index (χ4v) is 26.9. The van der Waals surface area contributed by atoms with Crippen molar-refractivity contribution in [1.82, 2.24) is 0 Å². The van der Waals surface area contributed by atoms with Gasteiger partial charge in [-0.3, -0.25) is 19.2 Å². The first-order chi connectivity index (χ1) is 58.4. The van der Waals surface area contributed by atoms with Gasteiger partial charge in [0.05, 0.1) is 109 Å². The Labute approximate surface area is 731 Å². The number of rotatable bonds is 40. The highest BCUT2D eigenvalue weighted by Gasteiger charge is 2.75. The van der Waals surface area contributed by atoms with E-state index >= 15 is 0 Å². The van der Waals surface area contributed by atoms with Gasteiger partial charge in [-0.05, 0) is 157 Å². The van der Waals surface area contributed by atoms with Crippen molar-refractivity contribution >= 4 is 88.1 Å². The first-order valence-corrected chi connectivity index (χ1v) is 48.3. The van der Waals surface area contributed by atoms with Crippen LogP contribution in [0.25, 0.3) is 0 Å². The Balaban J connectivity index is 0.000000193. The fourth-order valence-electron chi connectivity index (χ4n) is 22.9. The van der Waals surface area contributed by atoms with Gasteiger partial charge in [0.1, 0.15) is 37.6 Å². The molecule has 0 aromatic carbocycles. The molecule has 0 aromatic rings. The second-order valence-electron chi connectivity index (χ2n) is 35.9. The molecule has 14 aliphatic rings. The van der Waals surface area contributed by atoms with Crippen LogP contribution in [0, 0.1) is 75.4 Å². The monoisotopic (exact) mass is 1980 g/mol. The summed E-state index contributed by atoms with van der Waals surface area (Å²) in [5, 5.41) is 20.6. The van der Waals surface area contributed by atoms with Crippen molar-refractivity contribution < 1.29 is 214 Å². The smallest absolute Gasteiger partial charge is 0.396 e. The number of aliphatic hydroxyl groups is 4. The van der Waals surface area contributed by atoms with Crippen molar-refractivity contribution in [2.24, 2.45) is 75.4 Å². The van der Waals surface area contributed by atoms with Crippen molar-refractivity contribution in [2.45, 2.75) is 317 Å². The number of hydrogen-bond donors (Lipinski definition) is 4. The van der Waals surface area contributed by atoms with Gasteiger partial charge in [-0.15, -0.1) is 11.8 Å². The molecule has 52 heteroatoms. The number of fused-ring (bicyclic) bond motifs is 2. The lowest BCUT2D eigenvalue weighted by Gasteiger charge is -2.65. The third-order valence-electron chi connectivity index (χ3n) is 29.3. The molecule has 4 N–H and O–H groups in total. The first-order valence-electron chi connectivity index (χ1n) is 41.8. The molecule has 8 aliphatic carbocycles. The number of carbonyl (C=O) groups excluding carboxylic acids is 6. The standard InChI is InChI=1S/2C20H30F4O6S.C18H24F4O10S.C18H24F4O9S2/c1-3-18(26,4-2)17-10-13-7-14(11-17)9-16(8-13,12-17)15(25)30-6-5-19(21,22)20(23,24)31(27,28)29;1-3-18(26,4-2)17-9-12-7-13(10-17)15(14(8-12)11-17)16(25)30-6-5-19(21,22)20(23,24)31(27,28)29;1-3-16(25,4-2)10-9-11-14(32-15(9)24)13(12(10)31-11)30-7-8(23)29-6-5-17(19,20)18(21,22)33(26,27)28;1-3-16(25,4-2)10-9-13-12(31-15(9)24)11(14(10)32-13)30-7-8(23)29-6-5-17(19,20)18(21,22)33(26,27)28/h13-14,26H,3-12H2,1-2H3,(H,27,28,29);12-15,26H,3-11H2,1-2H3,(H,27,28,29);2*9-14,25H,3-7H2,1-2H3,(H,26,27,28)/p-4. The lowest BCUT2D eigenvalue weighted by atomic mass is 9.40. The van der Waals surface area contributed by atoms with Gasteiger partial charge in [0, 0.05) is 22.5 Å². The van der Waals surface area contributed by atoms with Gasteiger partial charge >= 0.3 is 80.5 Å².